The minimum atomic E-state index is -0.301. The van der Waals surface area contributed by atoms with E-state index in [2.05, 4.69) is 21.2 Å². The fourth-order valence-electron chi connectivity index (χ4n) is 1.77. The van der Waals surface area contributed by atoms with E-state index >= 15 is 0 Å². The minimum Gasteiger partial charge on any atom is -0.304 e. The van der Waals surface area contributed by atoms with E-state index in [0.717, 1.165) is 10.9 Å². The number of carbonyl (C=O) groups is 1. The summed E-state index contributed by atoms with van der Waals surface area (Å²) < 4.78 is 0. The van der Waals surface area contributed by atoms with Gasteiger partial charge in [0.05, 0.1) is 5.52 Å². The summed E-state index contributed by atoms with van der Waals surface area (Å²) in [5, 5.41) is 5.91. The van der Waals surface area contributed by atoms with Crippen molar-refractivity contribution >= 4 is 34.0 Å². The van der Waals surface area contributed by atoms with Gasteiger partial charge in [-0.15, -0.1) is 17.8 Å². The number of nitrogens with one attached hydrogen (secondary N) is 1. The number of nitrogens with zero attached hydrogens (tertiary/aromatic N) is 2. The maximum absolute atomic E-state index is 12.1. The second-order valence-electron chi connectivity index (χ2n) is 4.03. The Morgan fingerprint density at radius 2 is 2.05 bits per heavy atom. The maximum Gasteiger partial charge on any atom is 0.275 e. The molecule has 2 aromatic heterocycles. The Balaban J connectivity index is 1.86. The van der Waals surface area contributed by atoms with Crippen LogP contribution in [0.15, 0.2) is 41.8 Å². The highest BCUT2D eigenvalue weighted by atomic mass is 32.1. The Kier molecular flexibility index (Phi) is 3.15. The number of anilines is 1. The van der Waals surface area contributed by atoms with Crippen molar-refractivity contribution in [3.05, 3.63) is 52.5 Å². The third kappa shape index (κ3) is 2.37. The number of pyridine rings is 1. The molecule has 1 aromatic carbocycles. The fraction of sp³-hybridized carbons (Fsp3) is 0. The van der Waals surface area contributed by atoms with Crippen LogP contribution in [0.2, 0.25) is 0 Å². The molecule has 3 aromatic rings. The van der Waals surface area contributed by atoms with Gasteiger partial charge in [0, 0.05) is 10.8 Å². The van der Waals surface area contributed by atoms with Crippen molar-refractivity contribution in [1.82, 2.24) is 9.97 Å². The number of fused-ring (bicyclic) bond motifs is 1. The average Bonchev–Trinajstić information content (AvgIpc) is 2.94. The normalized spacial score (nSPS) is 10.2. The molecule has 0 aliphatic carbocycles. The van der Waals surface area contributed by atoms with Crippen molar-refractivity contribution in [2.75, 3.05) is 5.32 Å². The lowest BCUT2D eigenvalue weighted by molar-refractivity contribution is 0.102. The van der Waals surface area contributed by atoms with Gasteiger partial charge in [-0.25, -0.2) is 9.97 Å². The van der Waals surface area contributed by atoms with E-state index in [0.29, 0.717) is 16.5 Å². The third-order valence-electron chi connectivity index (χ3n) is 2.70. The highest BCUT2D eigenvalue weighted by Gasteiger charge is 2.10. The Labute approximate surface area is 119 Å². The number of aromatic nitrogens is 2. The largest absolute Gasteiger partial charge is 0.304 e. The number of carbonyl (C=O) groups excluding carboxylic acids is 1. The van der Waals surface area contributed by atoms with E-state index in [9.17, 15) is 4.79 Å². The summed E-state index contributed by atoms with van der Waals surface area (Å²) in [6.45, 7) is 0. The summed E-state index contributed by atoms with van der Waals surface area (Å²) in [6, 6.07) is 11.2. The molecule has 0 saturated heterocycles. The molecule has 0 fully saturated rings. The van der Waals surface area contributed by atoms with Crippen LogP contribution >= 0.6 is 11.3 Å². The first-order chi connectivity index (χ1) is 9.76. The predicted octanol–water partition coefficient (Wildman–Crippen LogP) is 2.92. The van der Waals surface area contributed by atoms with Crippen LogP contribution in [0.1, 0.15) is 15.5 Å². The van der Waals surface area contributed by atoms with Crippen LogP contribution in [-0.4, -0.2) is 15.9 Å². The Morgan fingerprint density at radius 1 is 1.20 bits per heavy atom. The van der Waals surface area contributed by atoms with Crippen LogP contribution in [0.25, 0.3) is 10.9 Å². The highest BCUT2D eigenvalue weighted by Crippen LogP contribution is 2.15. The van der Waals surface area contributed by atoms with Crippen LogP contribution in [0, 0.1) is 12.3 Å². The van der Waals surface area contributed by atoms with Gasteiger partial charge in [0.1, 0.15) is 11.5 Å². The molecule has 0 aliphatic rings. The summed E-state index contributed by atoms with van der Waals surface area (Å²) in [5.74, 6) is 2.57. The Hall–Kier alpha value is -2.71. The molecule has 0 bridgehead atoms. The van der Waals surface area contributed by atoms with Crippen LogP contribution in [0.3, 0.4) is 0 Å². The molecule has 0 atom stereocenters. The van der Waals surface area contributed by atoms with Crippen molar-refractivity contribution in [2.24, 2.45) is 0 Å². The standard InChI is InChI=1S/C15H9N3OS/c1-2-14-17-13(9-20-14)18-15(19)12-8-7-10-5-3-4-6-11(10)16-12/h1,3-9H,(H,18,19). The lowest BCUT2D eigenvalue weighted by Crippen LogP contribution is -2.13. The molecular weight excluding hydrogens is 270 g/mol. The molecule has 2 heterocycles. The van der Waals surface area contributed by atoms with Gasteiger partial charge < -0.3 is 5.32 Å². The first-order valence-electron chi connectivity index (χ1n) is 5.85. The zero-order valence-electron chi connectivity index (χ0n) is 10.3. The quantitative estimate of drug-likeness (QED) is 0.734. The maximum atomic E-state index is 12.1. The molecule has 3 rings (SSSR count). The minimum absolute atomic E-state index is 0.301. The molecule has 96 valence electrons. The number of para-hydroxylation sites is 1. The van der Waals surface area contributed by atoms with Gasteiger partial charge >= 0.3 is 0 Å². The van der Waals surface area contributed by atoms with Crippen LogP contribution in [0.5, 0.6) is 0 Å². The number of hydrogen-bond acceptors (Lipinski definition) is 4. The van der Waals surface area contributed by atoms with Crippen molar-refractivity contribution in [1.29, 1.82) is 0 Å². The number of benzene rings is 1. The third-order valence-corrected chi connectivity index (χ3v) is 3.47. The van der Waals surface area contributed by atoms with Crippen molar-refractivity contribution in [3.8, 4) is 12.3 Å². The van der Waals surface area contributed by atoms with Crippen LogP contribution in [-0.2, 0) is 0 Å². The van der Waals surface area contributed by atoms with E-state index in [-0.39, 0.29) is 5.91 Å². The smallest absolute Gasteiger partial charge is 0.275 e. The van der Waals surface area contributed by atoms with E-state index in [1.165, 1.54) is 11.3 Å². The summed E-state index contributed by atoms with van der Waals surface area (Å²) in [4.78, 5) is 20.5. The van der Waals surface area contributed by atoms with Crippen LogP contribution in [0.4, 0.5) is 5.82 Å². The number of amides is 1. The Bertz CT molecular complexity index is 832. The Morgan fingerprint density at radius 3 is 2.85 bits per heavy atom. The van der Waals surface area contributed by atoms with Gasteiger partial charge in [0.2, 0.25) is 0 Å². The second kappa shape index (κ2) is 5.11. The van der Waals surface area contributed by atoms with Gasteiger partial charge in [-0.1, -0.05) is 24.3 Å². The fourth-order valence-corrected chi connectivity index (χ4v) is 2.32. The summed E-state index contributed by atoms with van der Waals surface area (Å²) in [7, 11) is 0. The summed E-state index contributed by atoms with van der Waals surface area (Å²) >= 11 is 1.31. The molecule has 1 amide bonds. The molecule has 0 unspecified atom stereocenters. The van der Waals surface area contributed by atoms with Crippen molar-refractivity contribution in [2.45, 2.75) is 0 Å². The second-order valence-corrected chi connectivity index (χ2v) is 4.88. The first-order valence-corrected chi connectivity index (χ1v) is 6.73. The molecule has 4 nitrogen and oxygen atoms in total. The predicted molar refractivity (Wildman–Crippen MR) is 79.7 cm³/mol. The molecule has 1 N–H and O–H groups in total. The first kappa shape index (κ1) is 12.3. The lowest BCUT2D eigenvalue weighted by atomic mass is 10.2. The van der Waals surface area contributed by atoms with E-state index in [1.54, 1.807) is 11.4 Å². The lowest BCUT2D eigenvalue weighted by Gasteiger charge is -2.03. The molecule has 20 heavy (non-hydrogen) atoms. The van der Waals surface area contributed by atoms with Crippen molar-refractivity contribution in [3.63, 3.8) is 0 Å². The molecule has 0 aliphatic heterocycles. The van der Waals surface area contributed by atoms with Gasteiger partial charge in [0.25, 0.3) is 5.91 Å². The zero-order valence-corrected chi connectivity index (χ0v) is 11.1. The van der Waals surface area contributed by atoms with Crippen molar-refractivity contribution < 1.29 is 4.79 Å². The topological polar surface area (TPSA) is 54.9 Å². The molecule has 5 heteroatoms. The average molecular weight is 279 g/mol. The van der Waals surface area contributed by atoms with E-state index in [1.807, 2.05) is 30.3 Å². The molecule has 0 spiro atoms. The van der Waals surface area contributed by atoms with Gasteiger partial charge in [-0.3, -0.25) is 4.79 Å². The number of rotatable bonds is 2. The number of terminal acetylenes is 1. The summed E-state index contributed by atoms with van der Waals surface area (Å²) in [5.41, 5.74) is 1.13. The number of hydrogen-bond donors (Lipinski definition) is 1. The molecular formula is C15H9N3OS. The van der Waals surface area contributed by atoms with Crippen LogP contribution < -0.4 is 5.32 Å². The summed E-state index contributed by atoms with van der Waals surface area (Å²) in [6.07, 6.45) is 5.24. The SMILES string of the molecule is C#Cc1nc(NC(=O)c2ccc3ccccc3n2)cs1. The van der Waals surface area contributed by atoms with Gasteiger partial charge in [-0.2, -0.15) is 0 Å². The van der Waals surface area contributed by atoms with Gasteiger partial charge in [-0.05, 0) is 18.1 Å². The highest BCUT2D eigenvalue weighted by molar-refractivity contribution is 7.10. The zero-order chi connectivity index (χ0) is 13.9. The van der Waals surface area contributed by atoms with E-state index < -0.39 is 0 Å². The number of thiazole rings is 1. The van der Waals surface area contributed by atoms with Gasteiger partial charge in [0.15, 0.2) is 5.01 Å². The monoisotopic (exact) mass is 279 g/mol. The van der Waals surface area contributed by atoms with E-state index in [4.69, 9.17) is 6.42 Å². The molecule has 0 radical (unpaired) electrons. The molecule has 0 saturated carbocycles.